The van der Waals surface area contributed by atoms with Gasteiger partial charge in [0.05, 0.1) is 41.0 Å². The number of hydrogen-bond acceptors (Lipinski definition) is 17. The van der Waals surface area contributed by atoms with Crippen LogP contribution in [0.25, 0.3) is 10.8 Å². The molecule has 1 aromatic heterocycles. The monoisotopic (exact) mass is 1630 g/mol. The standard InChI is InChI=1S/C85H114ClN17O14/c1-52(2)41-66(76(107)93-65(18-11-12-35-90-53(3)4)84(115)102-36-14-19-73(102)83(114)91-54(5)75(87)106)94-77(108)68(45-57-27-32-64(33-28-57)92-74(105)50-103(6,7)8)95-79(110)69(43-55-20-22-58(23-21-55)49-101-37-39-117-40-38-101)98-82(113)72(51-104)99-80(111)70(47-60-15-13-34-89-48-60)97-78(109)67(44-56-25-30-63(86)31-26-56)96-81(112)71(100-85(88)116)46-59-24-29-61-16-9-10-17-62(61)42-59/h9-10,13,15-17,20-34,42,48,52-54,65-73,90,104H,11-12,14,18-19,35-41,43-47,49-51H2,1-8H3,(H13-,87,88,91,92,93,94,95,96,97,98,99,100,105,106,107,108,109,110,111,112,113,114,116)/p+1/t54-,65+,66+,67-,68-,69+,70-,71-,72+,73+/m1/s1. The van der Waals surface area contributed by atoms with Crippen molar-refractivity contribution in [3.05, 3.63) is 178 Å². The smallest absolute Gasteiger partial charge is 0.312 e. The van der Waals surface area contributed by atoms with Crippen molar-refractivity contribution < 1.29 is 71.9 Å². The molecule has 13 amide bonds. The zero-order valence-corrected chi connectivity index (χ0v) is 68.7. The van der Waals surface area contributed by atoms with E-state index in [1.807, 2.05) is 97.4 Å². The molecule has 2 aliphatic rings. The molecule has 0 spiro atoms. The summed E-state index contributed by atoms with van der Waals surface area (Å²) in [7, 11) is 5.60. The van der Waals surface area contributed by atoms with E-state index < -0.39 is 132 Å². The lowest BCUT2D eigenvalue weighted by Crippen LogP contribution is -2.62. The number of quaternary nitrogens is 1. The van der Waals surface area contributed by atoms with Crippen molar-refractivity contribution >= 4 is 99.1 Å². The number of unbranched alkanes of at least 4 members (excludes halogenated alkanes) is 1. The van der Waals surface area contributed by atoms with Gasteiger partial charge in [0, 0.05) is 87.4 Å². The molecule has 0 bridgehead atoms. The van der Waals surface area contributed by atoms with Crippen molar-refractivity contribution in [2.24, 2.45) is 17.4 Å². The molecule has 2 fully saturated rings. The number of morpholine rings is 1. The number of nitrogens with two attached hydrogens (primary N) is 2. The zero-order chi connectivity index (χ0) is 84.9. The summed E-state index contributed by atoms with van der Waals surface area (Å²) in [4.78, 5) is 180. The maximum atomic E-state index is 15.6. The lowest BCUT2D eigenvalue weighted by atomic mass is 9.99. The maximum Gasteiger partial charge on any atom is 0.312 e. The van der Waals surface area contributed by atoms with Gasteiger partial charge >= 0.3 is 6.03 Å². The van der Waals surface area contributed by atoms with E-state index in [0.29, 0.717) is 102 Å². The normalized spacial score (nSPS) is 16.0. The van der Waals surface area contributed by atoms with Crippen molar-refractivity contribution in [3.63, 3.8) is 0 Å². The molecule has 6 aromatic rings. The Morgan fingerprint density at radius 3 is 1.56 bits per heavy atom. The number of urea groups is 1. The predicted molar refractivity (Wildman–Crippen MR) is 444 cm³/mol. The molecule has 630 valence electrons. The number of carbonyl (C=O) groups is 12. The van der Waals surface area contributed by atoms with E-state index in [9.17, 15) is 33.9 Å². The molecule has 0 unspecified atom stereocenters. The third-order valence-corrected chi connectivity index (χ3v) is 20.3. The number of rotatable bonds is 43. The molecule has 0 radical (unpaired) electrons. The molecule has 5 aromatic carbocycles. The molecular formula is C85H115ClN17O14+. The lowest BCUT2D eigenvalue weighted by molar-refractivity contribution is -0.861. The zero-order valence-electron chi connectivity index (χ0n) is 67.9. The molecule has 117 heavy (non-hydrogen) atoms. The first-order valence-electron chi connectivity index (χ1n) is 39.9. The summed E-state index contributed by atoms with van der Waals surface area (Å²) in [6.45, 7) is 12.1. The molecular weight excluding hydrogens is 1520 g/mol. The van der Waals surface area contributed by atoms with E-state index in [1.165, 1.54) is 24.2 Å². The van der Waals surface area contributed by atoms with Crippen LogP contribution in [0.5, 0.6) is 0 Å². The molecule has 8 rings (SSSR count). The van der Waals surface area contributed by atoms with Crippen LogP contribution >= 0.6 is 11.6 Å². The second-order valence-corrected chi connectivity index (χ2v) is 32.3. The third-order valence-electron chi connectivity index (χ3n) is 20.1. The van der Waals surface area contributed by atoms with Crippen LogP contribution in [0, 0.1) is 5.92 Å². The second kappa shape index (κ2) is 45.0. The third kappa shape index (κ3) is 30.2. The van der Waals surface area contributed by atoms with Gasteiger partial charge in [-0.2, -0.15) is 0 Å². The molecule has 32 heteroatoms. The van der Waals surface area contributed by atoms with Gasteiger partial charge in [0.25, 0.3) is 5.91 Å². The highest BCUT2D eigenvalue weighted by atomic mass is 35.5. The topological polar surface area (TPSA) is 438 Å². The highest BCUT2D eigenvalue weighted by Gasteiger charge is 2.41. The van der Waals surface area contributed by atoms with Gasteiger partial charge in [-0.25, -0.2) is 4.79 Å². The van der Waals surface area contributed by atoms with Gasteiger partial charge in [0.2, 0.25) is 59.1 Å². The minimum absolute atomic E-state index is 0.0323. The Bertz CT molecular complexity index is 4360. The summed E-state index contributed by atoms with van der Waals surface area (Å²) < 4.78 is 5.92. The lowest BCUT2D eigenvalue weighted by Gasteiger charge is -2.31. The van der Waals surface area contributed by atoms with Crippen LogP contribution in [0.4, 0.5) is 10.5 Å². The SMILES string of the molecule is CC(C)C[C@H](NC(=O)[C@@H](Cc1ccc(NC(=O)C[N+](C)(C)C)cc1)NC(=O)[C@H](Cc1ccc(CN2CCOCC2)cc1)NC(=O)[C@H](CO)NC(=O)[C@@H](Cc1cccnc1)NC(=O)[C@@H](Cc1ccc(Cl)cc1)NC(=O)[C@@H](Cc1ccc2ccccc2c1)NC(N)=O)C(=O)N[C@@H](CCCCNC(C)C)C(=O)N1CCC[C@H]1C(=O)N[C@H](C)C(N)=O. The first-order chi connectivity index (χ1) is 55.8. The number of amides is 13. The number of pyridine rings is 1. The molecule has 3 heterocycles. The number of nitrogens with zero attached hydrogens (tertiary/aromatic N) is 4. The first kappa shape index (κ1) is 91.6. The number of primary amides is 2. The summed E-state index contributed by atoms with van der Waals surface area (Å²) in [5, 5.41) is 44.2. The van der Waals surface area contributed by atoms with Crippen LogP contribution in [-0.2, 0) is 96.1 Å². The molecule has 10 atom stereocenters. The number of benzene rings is 5. The average Bonchev–Trinajstić information content (AvgIpc) is 1.71. The molecule has 2 aliphatic heterocycles. The van der Waals surface area contributed by atoms with Crippen molar-refractivity contribution in [3.8, 4) is 0 Å². The van der Waals surface area contributed by atoms with Crippen LogP contribution in [0.2, 0.25) is 5.02 Å². The first-order valence-corrected chi connectivity index (χ1v) is 40.3. The highest BCUT2D eigenvalue weighted by Crippen LogP contribution is 2.24. The van der Waals surface area contributed by atoms with Gasteiger partial charge in [0.15, 0.2) is 6.54 Å². The van der Waals surface area contributed by atoms with Crippen LogP contribution < -0.4 is 70.0 Å². The van der Waals surface area contributed by atoms with Gasteiger partial charge < -0.3 is 89.2 Å². The number of hydrogen-bond donors (Lipinski definition) is 14. The average molecular weight is 1630 g/mol. The van der Waals surface area contributed by atoms with E-state index in [-0.39, 0.29) is 82.3 Å². The van der Waals surface area contributed by atoms with Gasteiger partial charge in [-0.15, -0.1) is 0 Å². The fourth-order valence-corrected chi connectivity index (χ4v) is 14.0. The van der Waals surface area contributed by atoms with Gasteiger partial charge in [-0.3, -0.25) is 62.6 Å². The number of halogens is 1. The fourth-order valence-electron chi connectivity index (χ4n) is 13.9. The molecule has 2 saturated heterocycles. The number of likely N-dealkylation sites (tertiary alicyclic amines) is 1. The summed E-state index contributed by atoms with van der Waals surface area (Å²) in [5.74, 6) is -8.68. The number of aliphatic hydroxyl groups is 1. The molecule has 0 aliphatic carbocycles. The van der Waals surface area contributed by atoms with Crippen molar-refractivity contribution in [2.45, 2.75) is 178 Å². The van der Waals surface area contributed by atoms with Crippen molar-refractivity contribution in [1.82, 2.24) is 68.0 Å². The van der Waals surface area contributed by atoms with Gasteiger partial charge in [-0.05, 0) is 132 Å². The Morgan fingerprint density at radius 2 is 1.03 bits per heavy atom. The number of carbonyl (C=O) groups excluding carboxylic acids is 12. The summed E-state index contributed by atoms with van der Waals surface area (Å²) in [6.07, 6.45) is 4.02. The fraction of sp³-hybridized carbons (Fsp3) is 0.471. The van der Waals surface area contributed by atoms with E-state index in [2.05, 4.69) is 68.4 Å². The molecule has 31 nitrogen and oxygen atoms in total. The summed E-state index contributed by atoms with van der Waals surface area (Å²) in [5.41, 5.74) is 15.1. The number of aromatic nitrogens is 1. The van der Waals surface area contributed by atoms with Crippen LogP contribution in [0.3, 0.4) is 0 Å². The van der Waals surface area contributed by atoms with Crippen molar-refractivity contribution in [2.75, 3.05) is 79.0 Å². The number of anilines is 1. The number of ether oxygens (including phenoxy) is 1. The predicted octanol–water partition coefficient (Wildman–Crippen LogP) is 2.50. The van der Waals surface area contributed by atoms with E-state index in [4.69, 9.17) is 27.8 Å². The van der Waals surface area contributed by atoms with Gasteiger partial charge in [0.1, 0.15) is 60.4 Å². The molecule has 16 N–H and O–H groups in total. The Hall–Kier alpha value is -11.0. The largest absolute Gasteiger partial charge is 0.394 e. The Labute approximate surface area is 688 Å². The maximum absolute atomic E-state index is 15.6. The van der Waals surface area contributed by atoms with Crippen molar-refractivity contribution in [1.29, 1.82) is 0 Å². The second-order valence-electron chi connectivity index (χ2n) is 31.8. The minimum Gasteiger partial charge on any atom is -0.394 e. The quantitative estimate of drug-likeness (QED) is 0.0193. The Morgan fingerprint density at radius 1 is 0.538 bits per heavy atom. The number of fused-ring (bicyclic) bond motifs is 1. The summed E-state index contributed by atoms with van der Waals surface area (Å²) >= 11 is 6.28. The van der Waals surface area contributed by atoms with Crippen LogP contribution in [-0.4, -0.2) is 236 Å². The minimum atomic E-state index is -1.83. The Balaban J connectivity index is 1.10. The van der Waals surface area contributed by atoms with Crippen LogP contribution in [0.15, 0.2) is 140 Å². The molecule has 0 saturated carbocycles. The van der Waals surface area contributed by atoms with E-state index >= 15 is 28.8 Å². The highest BCUT2D eigenvalue weighted by molar-refractivity contribution is 6.30. The van der Waals surface area contributed by atoms with Crippen LogP contribution in [0.1, 0.15) is 107 Å². The van der Waals surface area contributed by atoms with Gasteiger partial charge in [-0.1, -0.05) is 136 Å². The number of aliphatic hydroxyl groups excluding tert-OH is 1. The number of likely N-dealkylation sites (N-methyl/N-ethyl adjacent to an activating group) is 1. The Kier molecular flexibility index (Phi) is 35.2. The summed E-state index contributed by atoms with van der Waals surface area (Å²) in [6, 6.07) is 22.1. The van der Waals surface area contributed by atoms with E-state index in [0.717, 1.165) is 16.3 Å². The number of nitrogens with one attached hydrogen (secondary N) is 11. The van der Waals surface area contributed by atoms with E-state index in [1.54, 1.807) is 78.9 Å².